The van der Waals surface area contributed by atoms with Gasteiger partial charge in [-0.05, 0) is 47.1 Å². The van der Waals surface area contributed by atoms with E-state index in [0.717, 1.165) is 22.0 Å². The van der Waals surface area contributed by atoms with Crippen LogP contribution in [0.25, 0.3) is 10.9 Å². The number of benzene rings is 2. The predicted molar refractivity (Wildman–Crippen MR) is 149 cm³/mol. The zero-order chi connectivity index (χ0) is 26.5. The third-order valence-corrected chi connectivity index (χ3v) is 6.72. The average molecular weight is 531 g/mol. The van der Waals surface area contributed by atoms with Crippen LogP contribution in [-0.4, -0.2) is 46.2 Å². The van der Waals surface area contributed by atoms with Crippen LogP contribution in [0, 0.1) is 11.3 Å². The molecule has 0 aliphatic carbocycles. The first-order valence-electron chi connectivity index (χ1n) is 12.5. The lowest BCUT2D eigenvalue weighted by Gasteiger charge is -2.31. The lowest BCUT2D eigenvalue weighted by atomic mass is 9.91. The van der Waals surface area contributed by atoms with Crippen molar-refractivity contribution in [3.05, 3.63) is 69.8 Å². The van der Waals surface area contributed by atoms with E-state index in [9.17, 15) is 9.59 Å². The van der Waals surface area contributed by atoms with Crippen LogP contribution in [-0.2, 0) is 22.6 Å². The minimum absolute atomic E-state index is 0.00988. The summed E-state index contributed by atoms with van der Waals surface area (Å²) in [6.45, 7) is 11.8. The molecule has 5 nitrogen and oxygen atoms in total. The number of nitrogens with zero attached hydrogens (tertiary/aromatic N) is 2. The van der Waals surface area contributed by atoms with Gasteiger partial charge in [-0.15, -0.1) is 0 Å². The van der Waals surface area contributed by atoms with E-state index in [4.69, 9.17) is 23.2 Å². The number of nitrogens with one attached hydrogen (secondary N) is 1. The number of halogens is 2. The number of H-pyrrole nitrogens is 1. The molecule has 1 N–H and O–H groups in total. The standard InChI is InChI=1S/C29H37Cl2N3O2/c1-20(2)17-34(27(35)15-29(3,4)5)19-28(36)33(18-21-10-11-24(30)25(31)14-21)13-12-22-16-32-26-9-7-6-8-23(22)26/h6-11,14,16,20,32H,12-13,15,17-19H2,1-5H3. The molecule has 0 aliphatic rings. The molecule has 194 valence electrons. The lowest BCUT2D eigenvalue weighted by Crippen LogP contribution is -2.45. The Morgan fingerprint density at radius 1 is 0.972 bits per heavy atom. The predicted octanol–water partition coefficient (Wildman–Crippen LogP) is 6.97. The van der Waals surface area contributed by atoms with Gasteiger partial charge >= 0.3 is 0 Å². The number of carbonyl (C=O) groups is 2. The average Bonchev–Trinajstić information content (AvgIpc) is 3.20. The minimum atomic E-state index is -0.148. The van der Waals surface area contributed by atoms with Gasteiger partial charge in [0.2, 0.25) is 11.8 Å². The van der Waals surface area contributed by atoms with Crippen LogP contribution in [0.4, 0.5) is 0 Å². The smallest absolute Gasteiger partial charge is 0.242 e. The largest absolute Gasteiger partial charge is 0.361 e. The Kier molecular flexibility index (Phi) is 9.48. The molecule has 1 aromatic heterocycles. The number of para-hydroxylation sites is 1. The Balaban J connectivity index is 1.82. The summed E-state index contributed by atoms with van der Waals surface area (Å²) in [7, 11) is 0. The SMILES string of the molecule is CC(C)CN(CC(=O)N(CCc1c[nH]c2ccccc12)Cc1ccc(Cl)c(Cl)c1)C(=O)CC(C)(C)C. The van der Waals surface area contributed by atoms with Crippen molar-refractivity contribution in [2.75, 3.05) is 19.6 Å². The summed E-state index contributed by atoms with van der Waals surface area (Å²) in [6.07, 6.45) is 3.09. The van der Waals surface area contributed by atoms with Gasteiger partial charge in [0.1, 0.15) is 0 Å². The Hall–Kier alpha value is -2.50. The van der Waals surface area contributed by atoms with Gasteiger partial charge in [0, 0.05) is 43.2 Å². The van der Waals surface area contributed by atoms with Crippen LogP contribution < -0.4 is 0 Å². The Labute approximate surface area is 224 Å². The summed E-state index contributed by atoms with van der Waals surface area (Å²) in [5.41, 5.74) is 2.98. The second kappa shape index (κ2) is 12.2. The topological polar surface area (TPSA) is 56.4 Å². The molecule has 0 atom stereocenters. The molecule has 7 heteroatoms. The van der Waals surface area contributed by atoms with E-state index in [1.165, 1.54) is 0 Å². The number of aromatic nitrogens is 1. The maximum atomic E-state index is 13.6. The van der Waals surface area contributed by atoms with E-state index in [0.29, 0.717) is 42.5 Å². The number of hydrogen-bond donors (Lipinski definition) is 1. The van der Waals surface area contributed by atoms with Crippen molar-refractivity contribution in [2.45, 2.75) is 54.0 Å². The van der Waals surface area contributed by atoms with Gasteiger partial charge in [0.25, 0.3) is 0 Å². The normalized spacial score (nSPS) is 11.8. The van der Waals surface area contributed by atoms with Crippen molar-refractivity contribution in [1.29, 1.82) is 0 Å². The zero-order valence-corrected chi connectivity index (χ0v) is 23.4. The highest BCUT2D eigenvalue weighted by Gasteiger charge is 2.26. The monoisotopic (exact) mass is 529 g/mol. The molecule has 0 fully saturated rings. The molecule has 0 radical (unpaired) electrons. The van der Waals surface area contributed by atoms with Gasteiger partial charge in [0.15, 0.2) is 0 Å². The van der Waals surface area contributed by atoms with Crippen molar-refractivity contribution >= 4 is 45.9 Å². The van der Waals surface area contributed by atoms with Gasteiger partial charge in [-0.25, -0.2) is 0 Å². The Bertz CT molecular complexity index is 1200. The van der Waals surface area contributed by atoms with Crippen LogP contribution in [0.15, 0.2) is 48.7 Å². The van der Waals surface area contributed by atoms with Gasteiger partial charge < -0.3 is 14.8 Å². The van der Waals surface area contributed by atoms with Gasteiger partial charge in [-0.1, -0.05) is 82.1 Å². The molecule has 0 saturated carbocycles. The molecule has 1 heterocycles. The molecule has 2 amide bonds. The molecule has 2 aromatic carbocycles. The summed E-state index contributed by atoms with van der Waals surface area (Å²) in [6, 6.07) is 13.6. The van der Waals surface area contributed by atoms with Crippen LogP contribution in [0.5, 0.6) is 0 Å². The van der Waals surface area contributed by atoms with Crippen LogP contribution in [0.3, 0.4) is 0 Å². The molecule has 3 aromatic rings. The summed E-state index contributed by atoms with van der Waals surface area (Å²) < 4.78 is 0. The lowest BCUT2D eigenvalue weighted by molar-refractivity contribution is -0.142. The number of amides is 2. The molecule has 36 heavy (non-hydrogen) atoms. The van der Waals surface area contributed by atoms with Gasteiger partial charge in [-0.2, -0.15) is 0 Å². The fourth-order valence-electron chi connectivity index (χ4n) is 4.27. The highest BCUT2D eigenvalue weighted by Crippen LogP contribution is 2.25. The Morgan fingerprint density at radius 2 is 1.69 bits per heavy atom. The number of aromatic amines is 1. The van der Waals surface area contributed by atoms with Crippen molar-refractivity contribution in [2.24, 2.45) is 11.3 Å². The number of fused-ring (bicyclic) bond motifs is 1. The van der Waals surface area contributed by atoms with E-state index in [-0.39, 0.29) is 29.7 Å². The summed E-state index contributed by atoms with van der Waals surface area (Å²) in [4.78, 5) is 33.6. The fourth-order valence-corrected chi connectivity index (χ4v) is 4.59. The van der Waals surface area contributed by atoms with E-state index in [2.05, 4.69) is 24.9 Å². The quantitative estimate of drug-likeness (QED) is 0.308. The third kappa shape index (κ3) is 8.01. The van der Waals surface area contributed by atoms with Crippen LogP contribution >= 0.6 is 23.2 Å². The molecule has 0 spiro atoms. The van der Waals surface area contributed by atoms with Crippen molar-refractivity contribution in [3.63, 3.8) is 0 Å². The molecular formula is C29H37Cl2N3O2. The van der Waals surface area contributed by atoms with E-state index < -0.39 is 0 Å². The number of carbonyl (C=O) groups excluding carboxylic acids is 2. The van der Waals surface area contributed by atoms with Gasteiger partial charge in [-0.3, -0.25) is 9.59 Å². The minimum Gasteiger partial charge on any atom is -0.361 e. The maximum absolute atomic E-state index is 13.6. The Morgan fingerprint density at radius 3 is 2.36 bits per heavy atom. The summed E-state index contributed by atoms with van der Waals surface area (Å²) in [5, 5.41) is 2.09. The second-order valence-corrected chi connectivity index (χ2v) is 11.9. The molecule has 0 unspecified atom stereocenters. The molecule has 0 bridgehead atoms. The summed E-state index contributed by atoms with van der Waals surface area (Å²) in [5.74, 6) is 0.191. The van der Waals surface area contributed by atoms with Crippen molar-refractivity contribution in [1.82, 2.24) is 14.8 Å². The van der Waals surface area contributed by atoms with Gasteiger partial charge in [0.05, 0.1) is 16.6 Å². The third-order valence-electron chi connectivity index (χ3n) is 5.98. The van der Waals surface area contributed by atoms with Crippen molar-refractivity contribution in [3.8, 4) is 0 Å². The highest BCUT2D eigenvalue weighted by atomic mass is 35.5. The first kappa shape index (κ1) is 28.1. The highest BCUT2D eigenvalue weighted by molar-refractivity contribution is 6.42. The molecule has 0 saturated heterocycles. The van der Waals surface area contributed by atoms with E-state index >= 15 is 0 Å². The molecular weight excluding hydrogens is 493 g/mol. The zero-order valence-electron chi connectivity index (χ0n) is 21.9. The number of hydrogen-bond acceptors (Lipinski definition) is 2. The molecule has 0 aliphatic heterocycles. The second-order valence-electron chi connectivity index (χ2n) is 11.1. The first-order chi connectivity index (χ1) is 16.9. The summed E-state index contributed by atoms with van der Waals surface area (Å²) >= 11 is 12.4. The first-order valence-corrected chi connectivity index (χ1v) is 13.2. The van der Waals surface area contributed by atoms with E-state index in [1.54, 1.807) is 17.0 Å². The van der Waals surface area contributed by atoms with Crippen molar-refractivity contribution < 1.29 is 9.59 Å². The molecule has 3 rings (SSSR count). The van der Waals surface area contributed by atoms with Crippen LogP contribution in [0.1, 0.15) is 52.2 Å². The maximum Gasteiger partial charge on any atom is 0.242 e. The fraction of sp³-hybridized carbons (Fsp3) is 0.448. The van der Waals surface area contributed by atoms with Crippen LogP contribution in [0.2, 0.25) is 10.0 Å². The number of rotatable bonds is 10. The van der Waals surface area contributed by atoms with E-state index in [1.807, 2.05) is 56.1 Å².